The normalized spacial score (nSPS) is 10.2. The third-order valence-corrected chi connectivity index (χ3v) is 3.99. The van der Waals surface area contributed by atoms with Crippen molar-refractivity contribution in [2.45, 2.75) is 18.7 Å². The largest absolute Gasteiger partial charge is 0.376 e. The van der Waals surface area contributed by atoms with Gasteiger partial charge in [-0.1, -0.05) is 24.3 Å². The van der Waals surface area contributed by atoms with Crippen molar-refractivity contribution in [2.24, 2.45) is 0 Å². The summed E-state index contributed by atoms with van der Waals surface area (Å²) in [4.78, 5) is 13.2. The van der Waals surface area contributed by atoms with Gasteiger partial charge in [-0.3, -0.25) is 4.79 Å². The minimum absolute atomic E-state index is 0.0399. The molecule has 1 amide bonds. The third-order valence-electron chi connectivity index (χ3n) is 3.27. The third kappa shape index (κ3) is 4.26. The molecule has 110 valence electrons. The van der Waals surface area contributed by atoms with Crippen LogP contribution in [-0.2, 0) is 4.79 Å². The Morgan fingerprint density at radius 2 is 1.76 bits per heavy atom. The van der Waals surface area contributed by atoms with E-state index in [0.717, 1.165) is 22.5 Å². The number of aryl methyl sites for hydroxylation is 2. The molecule has 0 saturated heterocycles. The van der Waals surface area contributed by atoms with Gasteiger partial charge in [-0.2, -0.15) is 0 Å². The molecule has 0 aliphatic carbocycles. The summed E-state index contributed by atoms with van der Waals surface area (Å²) in [7, 11) is 0. The minimum Gasteiger partial charge on any atom is -0.376 e. The number of nitrogens with one attached hydrogen (secondary N) is 2. The van der Waals surface area contributed by atoms with Gasteiger partial charge in [0.1, 0.15) is 0 Å². The maximum atomic E-state index is 12.1. The van der Waals surface area contributed by atoms with Crippen LogP contribution in [0.15, 0.2) is 47.4 Å². The Balaban J connectivity index is 1.96. The van der Waals surface area contributed by atoms with E-state index < -0.39 is 0 Å². The molecule has 4 heteroatoms. The van der Waals surface area contributed by atoms with Crippen LogP contribution in [0, 0.1) is 13.8 Å². The minimum atomic E-state index is -0.0399. The van der Waals surface area contributed by atoms with Gasteiger partial charge in [-0.15, -0.1) is 11.8 Å². The molecule has 2 aromatic rings. The zero-order valence-electron chi connectivity index (χ0n) is 12.6. The molecule has 0 saturated carbocycles. The van der Waals surface area contributed by atoms with Crippen LogP contribution in [0.2, 0.25) is 0 Å². The highest BCUT2D eigenvalue weighted by Crippen LogP contribution is 2.20. The van der Waals surface area contributed by atoms with Crippen molar-refractivity contribution in [3.63, 3.8) is 0 Å². The van der Waals surface area contributed by atoms with Gasteiger partial charge in [0.05, 0.1) is 6.54 Å². The van der Waals surface area contributed by atoms with Crippen molar-refractivity contribution in [3.05, 3.63) is 53.6 Å². The Bertz CT molecular complexity index is 620. The number of para-hydroxylation sites is 1. The second-order valence-corrected chi connectivity index (χ2v) is 5.78. The van der Waals surface area contributed by atoms with Gasteiger partial charge < -0.3 is 10.6 Å². The van der Waals surface area contributed by atoms with Crippen LogP contribution in [-0.4, -0.2) is 18.7 Å². The lowest BCUT2D eigenvalue weighted by Crippen LogP contribution is -2.22. The van der Waals surface area contributed by atoms with Crippen LogP contribution in [0.3, 0.4) is 0 Å². The van der Waals surface area contributed by atoms with E-state index in [4.69, 9.17) is 0 Å². The fraction of sp³-hybridized carbons (Fsp3) is 0.235. The Morgan fingerprint density at radius 1 is 1.10 bits per heavy atom. The molecule has 0 spiro atoms. The molecule has 0 atom stereocenters. The standard InChI is InChI=1S/C17H20N2OS/c1-12-6-4-7-13(2)17(12)19-16(20)11-18-14-8-5-9-15(10-14)21-3/h4-10,18H,11H2,1-3H3,(H,19,20). The van der Waals surface area contributed by atoms with Gasteiger partial charge in [-0.25, -0.2) is 0 Å². The summed E-state index contributed by atoms with van der Waals surface area (Å²) in [5.41, 5.74) is 4.01. The molecule has 2 aromatic carbocycles. The summed E-state index contributed by atoms with van der Waals surface area (Å²) in [6, 6.07) is 14.0. The molecule has 0 aliphatic heterocycles. The second-order valence-electron chi connectivity index (χ2n) is 4.90. The molecule has 0 unspecified atom stereocenters. The summed E-state index contributed by atoms with van der Waals surface area (Å²) in [5, 5.41) is 6.12. The lowest BCUT2D eigenvalue weighted by atomic mass is 10.1. The number of hydrogen-bond acceptors (Lipinski definition) is 3. The molecule has 0 aromatic heterocycles. The molecule has 21 heavy (non-hydrogen) atoms. The maximum Gasteiger partial charge on any atom is 0.243 e. The Morgan fingerprint density at radius 3 is 2.43 bits per heavy atom. The van der Waals surface area contributed by atoms with E-state index in [-0.39, 0.29) is 12.5 Å². The molecular formula is C17H20N2OS. The van der Waals surface area contributed by atoms with Gasteiger partial charge in [0.2, 0.25) is 5.91 Å². The smallest absolute Gasteiger partial charge is 0.243 e. The maximum absolute atomic E-state index is 12.1. The summed E-state index contributed by atoms with van der Waals surface area (Å²) < 4.78 is 0. The van der Waals surface area contributed by atoms with Crippen molar-refractivity contribution in [3.8, 4) is 0 Å². The first-order chi connectivity index (χ1) is 10.1. The highest BCUT2D eigenvalue weighted by molar-refractivity contribution is 7.98. The number of carbonyl (C=O) groups is 1. The van der Waals surface area contributed by atoms with Crippen LogP contribution >= 0.6 is 11.8 Å². The average molecular weight is 300 g/mol. The topological polar surface area (TPSA) is 41.1 Å². The first-order valence-corrected chi connectivity index (χ1v) is 8.06. The first-order valence-electron chi connectivity index (χ1n) is 6.84. The number of hydrogen-bond donors (Lipinski definition) is 2. The van der Waals surface area contributed by atoms with Crippen LogP contribution < -0.4 is 10.6 Å². The molecule has 0 fully saturated rings. The Hall–Kier alpha value is -1.94. The second kappa shape index (κ2) is 7.18. The Kier molecular flexibility index (Phi) is 5.28. The molecule has 2 N–H and O–H groups in total. The predicted octanol–water partition coefficient (Wildman–Crippen LogP) is 4.08. The number of benzene rings is 2. The molecule has 0 radical (unpaired) electrons. The van der Waals surface area contributed by atoms with Gasteiger partial charge >= 0.3 is 0 Å². The fourth-order valence-corrected chi connectivity index (χ4v) is 2.57. The zero-order chi connectivity index (χ0) is 15.2. The quantitative estimate of drug-likeness (QED) is 0.818. The Labute approximate surface area is 130 Å². The summed E-state index contributed by atoms with van der Waals surface area (Å²) >= 11 is 1.68. The lowest BCUT2D eigenvalue weighted by Gasteiger charge is -2.12. The fourth-order valence-electron chi connectivity index (χ4n) is 2.11. The highest BCUT2D eigenvalue weighted by atomic mass is 32.2. The van der Waals surface area contributed by atoms with Crippen LogP contribution in [0.1, 0.15) is 11.1 Å². The number of carbonyl (C=O) groups excluding carboxylic acids is 1. The van der Waals surface area contributed by atoms with Crippen molar-refractivity contribution in [1.82, 2.24) is 0 Å². The zero-order valence-corrected chi connectivity index (χ0v) is 13.4. The van der Waals surface area contributed by atoms with Crippen molar-refractivity contribution >= 4 is 29.0 Å². The van der Waals surface area contributed by atoms with Gasteiger partial charge in [0, 0.05) is 16.3 Å². The lowest BCUT2D eigenvalue weighted by molar-refractivity contribution is -0.114. The molecular weight excluding hydrogens is 280 g/mol. The van der Waals surface area contributed by atoms with E-state index in [2.05, 4.69) is 10.6 Å². The number of anilines is 2. The molecule has 3 nitrogen and oxygen atoms in total. The van der Waals surface area contributed by atoms with E-state index in [1.54, 1.807) is 11.8 Å². The van der Waals surface area contributed by atoms with Gasteiger partial charge in [0.25, 0.3) is 0 Å². The molecule has 0 aliphatic rings. The van der Waals surface area contributed by atoms with E-state index in [9.17, 15) is 4.79 Å². The number of amides is 1. The SMILES string of the molecule is CSc1cccc(NCC(=O)Nc2c(C)cccc2C)c1. The van der Waals surface area contributed by atoms with Crippen LogP contribution in [0.25, 0.3) is 0 Å². The summed E-state index contributed by atoms with van der Waals surface area (Å²) in [5.74, 6) is -0.0399. The van der Waals surface area contributed by atoms with E-state index in [1.165, 1.54) is 4.90 Å². The predicted molar refractivity (Wildman–Crippen MR) is 91.3 cm³/mol. The van der Waals surface area contributed by atoms with E-state index in [1.807, 2.05) is 62.6 Å². The van der Waals surface area contributed by atoms with E-state index >= 15 is 0 Å². The average Bonchev–Trinajstić information content (AvgIpc) is 2.49. The van der Waals surface area contributed by atoms with Crippen molar-refractivity contribution < 1.29 is 4.79 Å². The van der Waals surface area contributed by atoms with Crippen molar-refractivity contribution in [2.75, 3.05) is 23.4 Å². The van der Waals surface area contributed by atoms with Crippen LogP contribution in [0.4, 0.5) is 11.4 Å². The van der Waals surface area contributed by atoms with Crippen LogP contribution in [0.5, 0.6) is 0 Å². The molecule has 0 bridgehead atoms. The summed E-state index contributed by atoms with van der Waals surface area (Å²) in [6.45, 7) is 4.25. The first kappa shape index (κ1) is 15.4. The van der Waals surface area contributed by atoms with E-state index in [0.29, 0.717) is 0 Å². The van der Waals surface area contributed by atoms with Gasteiger partial charge in [-0.05, 0) is 49.4 Å². The summed E-state index contributed by atoms with van der Waals surface area (Å²) in [6.07, 6.45) is 2.03. The number of rotatable bonds is 5. The monoisotopic (exact) mass is 300 g/mol. The molecule has 0 heterocycles. The van der Waals surface area contributed by atoms with Crippen molar-refractivity contribution in [1.29, 1.82) is 0 Å². The molecule has 2 rings (SSSR count). The van der Waals surface area contributed by atoms with Gasteiger partial charge in [0.15, 0.2) is 0 Å². The highest BCUT2D eigenvalue weighted by Gasteiger charge is 2.07. The number of thioether (sulfide) groups is 1.